The van der Waals surface area contributed by atoms with Gasteiger partial charge in [-0.05, 0) is 0 Å². The van der Waals surface area contributed by atoms with Gasteiger partial charge < -0.3 is 4.98 Å². The molecule has 3 aliphatic heterocycles. The van der Waals surface area contributed by atoms with E-state index in [1.165, 1.54) is 0 Å². The minimum atomic E-state index is -2.37. The number of rotatable bonds is 0. The van der Waals surface area contributed by atoms with Gasteiger partial charge in [-0.3, -0.25) is 4.48 Å². The summed E-state index contributed by atoms with van der Waals surface area (Å²) >= 11 is 6.55. The van der Waals surface area contributed by atoms with Gasteiger partial charge in [0.05, 0.1) is 21.5 Å². The first kappa shape index (κ1) is 26.8. The van der Waals surface area contributed by atoms with E-state index in [-0.39, 0.29) is 0 Å². The van der Waals surface area contributed by atoms with Gasteiger partial charge in [0.2, 0.25) is 11.3 Å². The Labute approximate surface area is 236 Å². The van der Waals surface area contributed by atoms with Crippen LogP contribution < -0.4 is 11.0 Å². The van der Waals surface area contributed by atoms with Crippen molar-refractivity contribution in [2.75, 3.05) is 0 Å². The fraction of sp³-hybridized carbons (Fsp3) is 0. The lowest BCUT2D eigenvalue weighted by atomic mass is 10.0. The topological polar surface area (TPSA) is 60.8 Å². The minimum absolute atomic E-state index is 0.510. The van der Waals surface area contributed by atoms with Crippen LogP contribution in [-0.4, -0.2) is 32.0 Å². The molecule has 0 fully saturated rings. The van der Waals surface area contributed by atoms with E-state index in [1.54, 1.807) is 0 Å². The highest BCUT2D eigenvalue weighted by Crippen LogP contribution is 2.46. The van der Waals surface area contributed by atoms with E-state index in [2.05, 4.69) is 20.0 Å². The van der Waals surface area contributed by atoms with Crippen LogP contribution in [0.3, 0.4) is 0 Å². The van der Waals surface area contributed by atoms with Crippen molar-refractivity contribution < 1.29 is 57.2 Å². The molecule has 8 rings (SSSR count). The summed E-state index contributed by atoms with van der Waals surface area (Å²) in [5.41, 5.74) is -4.46. The van der Waals surface area contributed by atoms with E-state index >= 15 is 26.3 Å². The quantitative estimate of drug-likeness (QED) is 0.103. The number of halogens is 13. The summed E-state index contributed by atoms with van der Waals surface area (Å²) in [7, 11) is 0. The highest BCUT2D eigenvalue weighted by molar-refractivity contribution is 7.02. The Kier molecular flexibility index (Phi) is 5.00. The number of fused-ring (bicyclic) bond motifs is 11. The zero-order valence-corrected chi connectivity index (χ0v) is 21.0. The molecule has 5 aromatic rings. The van der Waals surface area contributed by atoms with Crippen molar-refractivity contribution in [3.63, 3.8) is 0 Å². The summed E-state index contributed by atoms with van der Waals surface area (Å²) in [6, 6.07) is 0. The van der Waals surface area contributed by atoms with E-state index in [4.69, 9.17) is 11.5 Å². The van der Waals surface area contributed by atoms with E-state index in [0.29, 0.717) is 8.96 Å². The third kappa shape index (κ3) is 2.83. The highest BCUT2D eigenvalue weighted by atomic mass is 35.5. The zero-order valence-electron chi connectivity index (χ0n) is 20.2. The Hall–Kier alpha value is -4.81. The summed E-state index contributed by atoms with van der Waals surface area (Å²) in [6.07, 6.45) is -2.09. The van der Waals surface area contributed by atoms with Crippen molar-refractivity contribution in [1.82, 2.24) is 9.46 Å². The molecule has 1 N–H and O–H groups in total. The molecular formula is C24HBClF12N6+. The van der Waals surface area contributed by atoms with Gasteiger partial charge in [0.25, 0.3) is 11.7 Å². The molecule has 220 valence electrons. The van der Waals surface area contributed by atoms with Crippen molar-refractivity contribution in [3.05, 3.63) is 91.9 Å². The third-order valence-electron chi connectivity index (χ3n) is 7.39. The molecule has 0 amide bonds. The maximum Gasteiger partial charge on any atom is 0.583 e. The Morgan fingerprint density at radius 1 is 0.500 bits per heavy atom. The standard InChI is InChI=1S/C24BClF12N6/c26-25-43-21-3-5(11(31)17(37)15(35)9(3)29)23(43)42-24-6-4(10(30)16(36)18(38)12(6)32)22(44(24)25)41-20-2-1(19(39-20)40-21)7(27)13(33)14(34)8(2)28/p+1. The molecule has 0 aliphatic carbocycles. The van der Waals surface area contributed by atoms with Crippen LogP contribution >= 0.6 is 11.5 Å². The fourth-order valence-electron chi connectivity index (χ4n) is 5.54. The lowest BCUT2D eigenvalue weighted by Crippen LogP contribution is -2.41. The Morgan fingerprint density at radius 3 is 1.43 bits per heavy atom. The molecule has 44 heavy (non-hydrogen) atoms. The smallest absolute Gasteiger partial charge is 0.310 e. The van der Waals surface area contributed by atoms with Crippen LogP contribution in [0, 0.1) is 69.8 Å². The summed E-state index contributed by atoms with van der Waals surface area (Å²) < 4.78 is 179. The molecule has 20 heteroatoms. The largest absolute Gasteiger partial charge is 0.583 e. The minimum Gasteiger partial charge on any atom is -0.310 e. The molecule has 5 heterocycles. The van der Waals surface area contributed by atoms with E-state index < -0.39 is 143 Å². The van der Waals surface area contributed by atoms with Crippen LogP contribution in [0.25, 0.3) is 21.5 Å². The van der Waals surface area contributed by atoms with Gasteiger partial charge in [-0.25, -0.2) is 62.2 Å². The molecule has 0 radical (unpaired) electrons. The second kappa shape index (κ2) is 8.22. The number of nitrogens with one attached hydrogen (secondary N) is 1. The van der Waals surface area contributed by atoms with Gasteiger partial charge in [-0.2, -0.15) is 0 Å². The fourth-order valence-corrected chi connectivity index (χ4v) is 5.91. The normalized spacial score (nSPS) is 14.8. The molecule has 4 bridgehead atoms. The van der Waals surface area contributed by atoms with E-state index in [0.717, 1.165) is 0 Å². The number of amidine groups is 2. The van der Waals surface area contributed by atoms with Crippen LogP contribution in [0.15, 0.2) is 15.0 Å². The first-order chi connectivity index (χ1) is 20.8. The van der Waals surface area contributed by atoms with Gasteiger partial charge in [-0.1, -0.05) is 9.98 Å². The number of hydrogen-bond acceptors (Lipinski definition) is 3. The predicted molar refractivity (Wildman–Crippen MR) is 126 cm³/mol. The number of hydrogen-bond donors (Lipinski definition) is 1. The Balaban J connectivity index is 1.74. The van der Waals surface area contributed by atoms with Crippen LogP contribution in [0.2, 0.25) is 0 Å². The van der Waals surface area contributed by atoms with Crippen molar-refractivity contribution in [2.45, 2.75) is 0 Å². The number of nitrogens with zero attached hydrogens (tertiary/aromatic N) is 5. The van der Waals surface area contributed by atoms with Crippen LogP contribution in [0.4, 0.5) is 64.3 Å². The molecule has 3 aromatic carbocycles. The lowest BCUT2D eigenvalue weighted by molar-refractivity contribution is -0.244. The predicted octanol–water partition coefficient (Wildman–Crippen LogP) is 5.31. The first-order valence-corrected chi connectivity index (χ1v) is 12.2. The molecule has 2 aromatic heterocycles. The molecule has 6 nitrogen and oxygen atoms in total. The summed E-state index contributed by atoms with van der Waals surface area (Å²) in [5.74, 6) is -30.8. The van der Waals surface area contributed by atoms with Gasteiger partial charge in [0.15, 0.2) is 69.8 Å². The molecule has 0 atom stereocenters. The first-order valence-electron chi connectivity index (χ1n) is 11.7. The average Bonchev–Trinajstić information content (AvgIpc) is 3.63. The second-order valence-corrected chi connectivity index (χ2v) is 9.91. The van der Waals surface area contributed by atoms with Crippen molar-refractivity contribution in [1.29, 1.82) is 0 Å². The maximum atomic E-state index is 15.3. The van der Waals surface area contributed by atoms with Crippen molar-refractivity contribution in [2.24, 2.45) is 15.0 Å². The van der Waals surface area contributed by atoms with E-state index in [9.17, 15) is 26.3 Å². The summed E-state index contributed by atoms with van der Waals surface area (Å²) in [6.45, 7) is 0. The number of aromatic amines is 1. The van der Waals surface area contributed by atoms with Crippen molar-refractivity contribution >= 4 is 62.7 Å². The lowest BCUT2D eigenvalue weighted by Gasteiger charge is -2.16. The highest BCUT2D eigenvalue weighted by Gasteiger charge is 2.52. The Morgan fingerprint density at radius 2 is 0.909 bits per heavy atom. The zero-order chi connectivity index (χ0) is 31.4. The number of aromatic nitrogens is 2. The molecular weight excluding hydrogens is 647 g/mol. The summed E-state index contributed by atoms with van der Waals surface area (Å²) in [4.78, 5) is 13.7. The molecule has 0 unspecified atom stereocenters. The van der Waals surface area contributed by atoms with Gasteiger partial charge in [-0.15, -0.1) is 11.5 Å². The van der Waals surface area contributed by atoms with Crippen LogP contribution in [-0.2, 0) is 0 Å². The van der Waals surface area contributed by atoms with Crippen molar-refractivity contribution in [3.8, 4) is 0 Å². The van der Waals surface area contributed by atoms with E-state index in [1.807, 2.05) is 0 Å². The average molecular weight is 648 g/mol. The number of aliphatic imine (C=N–C) groups is 1. The van der Waals surface area contributed by atoms with Crippen LogP contribution in [0.5, 0.6) is 0 Å². The number of benzene rings is 3. The maximum absolute atomic E-state index is 15.3. The second-order valence-electron chi connectivity index (χ2n) is 9.52. The molecule has 3 aliphatic rings. The van der Waals surface area contributed by atoms with Gasteiger partial charge in [0, 0.05) is 0 Å². The Bertz CT molecular complexity index is 2500. The molecule has 0 saturated heterocycles. The van der Waals surface area contributed by atoms with Gasteiger partial charge in [0.1, 0.15) is 22.4 Å². The van der Waals surface area contributed by atoms with Gasteiger partial charge >= 0.3 is 6.40 Å². The summed E-state index contributed by atoms with van der Waals surface area (Å²) in [5, 5.41) is -4.88. The monoisotopic (exact) mass is 647 g/mol. The third-order valence-corrected chi connectivity index (χ3v) is 7.78. The molecule has 0 spiro atoms. The number of H-pyrrole nitrogens is 1. The SMILES string of the molecule is Fc1c(F)c(F)c2c(c1F)C1=Nc3c4c(F)c(F)c(F)c(F)c4c4n3B(Cl)[N+]1=C2N=c1[nH]c(c2c(F)c(F)c(F)c(F)c12)=N4. The molecule has 0 saturated carbocycles. The van der Waals surface area contributed by atoms with Crippen LogP contribution in [0.1, 0.15) is 11.1 Å².